The number of sulfone groups is 1. The van der Waals surface area contributed by atoms with Gasteiger partial charge in [-0.2, -0.15) is 0 Å². The Kier molecular flexibility index (Phi) is 8.83. The zero-order valence-corrected chi connectivity index (χ0v) is 11.2. The van der Waals surface area contributed by atoms with Crippen molar-refractivity contribution in [2.75, 3.05) is 45.5 Å². The Morgan fingerprint density at radius 2 is 1.88 bits per heavy atom. The molecule has 0 amide bonds. The van der Waals surface area contributed by atoms with Gasteiger partial charge >= 0.3 is 0 Å². The van der Waals surface area contributed by atoms with E-state index in [-0.39, 0.29) is 17.5 Å². The van der Waals surface area contributed by atoms with Gasteiger partial charge in [0, 0.05) is 33.4 Å². The smallest absolute Gasteiger partial charge is 0.151 e. The molecule has 5 nitrogen and oxygen atoms in total. The van der Waals surface area contributed by atoms with E-state index >= 15 is 0 Å². The molecule has 0 bridgehead atoms. The lowest BCUT2D eigenvalue weighted by Crippen LogP contribution is -2.34. The normalized spacial score (nSPS) is 13.9. The van der Waals surface area contributed by atoms with Crippen LogP contribution in [0, 0.1) is 0 Å². The van der Waals surface area contributed by atoms with Crippen LogP contribution in [-0.4, -0.2) is 59.9 Å². The molecule has 0 rings (SSSR count). The molecule has 0 aromatic rings. The van der Waals surface area contributed by atoms with Crippen molar-refractivity contribution in [2.45, 2.75) is 19.4 Å². The van der Waals surface area contributed by atoms with Crippen molar-refractivity contribution in [2.24, 2.45) is 0 Å². The molecular formula is C10H23NO4S. The van der Waals surface area contributed by atoms with Gasteiger partial charge in [-0.1, -0.05) is 0 Å². The summed E-state index contributed by atoms with van der Waals surface area (Å²) in [5.74, 6) is 0.367. The minimum Gasteiger partial charge on any atom is -0.385 e. The van der Waals surface area contributed by atoms with Gasteiger partial charge in [0.05, 0.1) is 18.1 Å². The van der Waals surface area contributed by atoms with Crippen molar-refractivity contribution < 1.29 is 17.9 Å². The van der Waals surface area contributed by atoms with Crippen LogP contribution in [0.3, 0.4) is 0 Å². The van der Waals surface area contributed by atoms with Gasteiger partial charge in [-0.3, -0.25) is 0 Å². The maximum atomic E-state index is 11.5. The fourth-order valence-electron chi connectivity index (χ4n) is 1.29. The monoisotopic (exact) mass is 253 g/mol. The highest BCUT2D eigenvalue weighted by Gasteiger charge is 2.10. The number of rotatable bonds is 10. The van der Waals surface area contributed by atoms with Gasteiger partial charge in [0.25, 0.3) is 0 Å². The molecule has 98 valence electrons. The second-order valence-corrected chi connectivity index (χ2v) is 6.11. The lowest BCUT2D eigenvalue weighted by Gasteiger charge is -2.12. The lowest BCUT2D eigenvalue weighted by molar-refractivity contribution is 0.173. The van der Waals surface area contributed by atoms with E-state index in [1.807, 2.05) is 6.92 Å². The van der Waals surface area contributed by atoms with E-state index in [2.05, 4.69) is 5.32 Å². The molecule has 0 fully saturated rings. The molecule has 0 saturated carbocycles. The quantitative estimate of drug-likeness (QED) is 0.558. The average Bonchev–Trinajstić information content (AvgIpc) is 2.18. The summed E-state index contributed by atoms with van der Waals surface area (Å²) in [4.78, 5) is 0. The zero-order chi connectivity index (χ0) is 12.4. The van der Waals surface area contributed by atoms with Crippen molar-refractivity contribution in [1.82, 2.24) is 5.32 Å². The molecular weight excluding hydrogens is 230 g/mol. The summed E-state index contributed by atoms with van der Waals surface area (Å²) in [6.45, 7) is 3.51. The fraction of sp³-hybridized carbons (Fsp3) is 1.00. The van der Waals surface area contributed by atoms with Crippen molar-refractivity contribution in [3.63, 3.8) is 0 Å². The molecule has 1 atom stereocenters. The Hall–Kier alpha value is -0.170. The van der Waals surface area contributed by atoms with E-state index in [0.717, 1.165) is 0 Å². The van der Waals surface area contributed by atoms with Crippen LogP contribution in [-0.2, 0) is 19.3 Å². The molecule has 1 unspecified atom stereocenters. The molecule has 0 aromatic heterocycles. The Morgan fingerprint density at radius 1 is 1.19 bits per heavy atom. The third-order valence-electron chi connectivity index (χ3n) is 2.13. The molecule has 0 spiro atoms. The van der Waals surface area contributed by atoms with E-state index in [4.69, 9.17) is 9.47 Å². The maximum absolute atomic E-state index is 11.5. The molecule has 1 N–H and O–H groups in total. The van der Waals surface area contributed by atoms with E-state index in [1.54, 1.807) is 14.2 Å². The summed E-state index contributed by atoms with van der Waals surface area (Å²) in [5, 5.41) is 3.09. The van der Waals surface area contributed by atoms with Crippen LogP contribution >= 0.6 is 0 Å². The Bertz CT molecular complexity index is 254. The van der Waals surface area contributed by atoms with Crippen LogP contribution in [0.5, 0.6) is 0 Å². The molecule has 0 saturated heterocycles. The van der Waals surface area contributed by atoms with Gasteiger partial charge in [-0.05, 0) is 13.3 Å². The van der Waals surface area contributed by atoms with Crippen LogP contribution < -0.4 is 5.32 Å². The van der Waals surface area contributed by atoms with Crippen LogP contribution in [0.25, 0.3) is 0 Å². The van der Waals surface area contributed by atoms with Gasteiger partial charge in [0.15, 0.2) is 9.84 Å². The molecule has 0 heterocycles. The van der Waals surface area contributed by atoms with Crippen LogP contribution in [0.2, 0.25) is 0 Å². The van der Waals surface area contributed by atoms with Crippen LogP contribution in [0.15, 0.2) is 0 Å². The topological polar surface area (TPSA) is 64.6 Å². The van der Waals surface area contributed by atoms with Gasteiger partial charge in [-0.25, -0.2) is 8.42 Å². The Morgan fingerprint density at radius 3 is 2.44 bits per heavy atom. The number of hydrogen-bond donors (Lipinski definition) is 1. The van der Waals surface area contributed by atoms with Gasteiger partial charge in [0.2, 0.25) is 0 Å². The number of nitrogens with one attached hydrogen (secondary N) is 1. The zero-order valence-electron chi connectivity index (χ0n) is 10.4. The van der Waals surface area contributed by atoms with E-state index < -0.39 is 9.84 Å². The summed E-state index contributed by atoms with van der Waals surface area (Å²) >= 11 is 0. The third kappa shape index (κ3) is 9.08. The summed E-state index contributed by atoms with van der Waals surface area (Å²) in [6, 6.07) is 0.180. The number of hydrogen-bond acceptors (Lipinski definition) is 5. The van der Waals surface area contributed by atoms with Gasteiger partial charge < -0.3 is 14.8 Å². The minimum atomic E-state index is -2.95. The van der Waals surface area contributed by atoms with Crippen molar-refractivity contribution in [1.29, 1.82) is 0 Å². The molecule has 6 heteroatoms. The van der Waals surface area contributed by atoms with E-state index in [0.29, 0.717) is 26.2 Å². The van der Waals surface area contributed by atoms with Gasteiger partial charge in [0.1, 0.15) is 0 Å². The first-order valence-corrected chi connectivity index (χ1v) is 7.25. The first kappa shape index (κ1) is 15.8. The Balaban J connectivity index is 3.65. The molecule has 0 aliphatic heterocycles. The predicted molar refractivity (Wildman–Crippen MR) is 64.5 cm³/mol. The Labute approximate surface area is 98.4 Å². The molecule has 0 aliphatic rings. The second-order valence-electron chi connectivity index (χ2n) is 3.81. The largest absolute Gasteiger partial charge is 0.385 e. The summed E-state index contributed by atoms with van der Waals surface area (Å²) < 4.78 is 32.8. The molecule has 0 aliphatic carbocycles. The highest BCUT2D eigenvalue weighted by Crippen LogP contribution is 1.94. The third-order valence-corrected chi connectivity index (χ3v) is 3.86. The highest BCUT2D eigenvalue weighted by atomic mass is 32.2. The second kappa shape index (κ2) is 8.92. The summed E-state index contributed by atoms with van der Waals surface area (Å²) in [7, 11) is 0.247. The van der Waals surface area contributed by atoms with E-state index in [9.17, 15) is 8.42 Å². The minimum absolute atomic E-state index is 0.171. The SMILES string of the molecule is COCCCS(=O)(=O)CCNC(C)COC. The fourth-order valence-corrected chi connectivity index (χ4v) is 2.49. The standard InChI is InChI=1S/C10H23NO4S/c1-10(9-15-3)11-5-8-16(12,13)7-4-6-14-2/h10-11H,4-9H2,1-3H3. The van der Waals surface area contributed by atoms with Crippen LogP contribution in [0.4, 0.5) is 0 Å². The number of methoxy groups -OCH3 is 2. The summed E-state index contributed by atoms with van der Waals surface area (Å²) in [6.07, 6.45) is 0.562. The number of ether oxygens (including phenoxy) is 2. The van der Waals surface area contributed by atoms with Crippen LogP contribution in [0.1, 0.15) is 13.3 Å². The highest BCUT2D eigenvalue weighted by molar-refractivity contribution is 7.91. The molecule has 0 aromatic carbocycles. The first-order chi connectivity index (χ1) is 7.52. The predicted octanol–water partition coefficient (Wildman–Crippen LogP) is 0.0622. The molecule has 0 radical (unpaired) electrons. The van der Waals surface area contributed by atoms with E-state index in [1.165, 1.54) is 0 Å². The van der Waals surface area contributed by atoms with Crippen molar-refractivity contribution in [3.05, 3.63) is 0 Å². The lowest BCUT2D eigenvalue weighted by atomic mass is 10.4. The van der Waals surface area contributed by atoms with Gasteiger partial charge in [-0.15, -0.1) is 0 Å². The summed E-state index contributed by atoms with van der Waals surface area (Å²) in [5.41, 5.74) is 0. The molecule has 16 heavy (non-hydrogen) atoms. The first-order valence-electron chi connectivity index (χ1n) is 5.43. The van der Waals surface area contributed by atoms with Crippen molar-refractivity contribution >= 4 is 9.84 Å². The maximum Gasteiger partial charge on any atom is 0.151 e. The van der Waals surface area contributed by atoms with Crippen molar-refractivity contribution in [3.8, 4) is 0 Å². The average molecular weight is 253 g/mol.